The topological polar surface area (TPSA) is 41.1 Å². The van der Waals surface area contributed by atoms with Gasteiger partial charge in [0.05, 0.1) is 5.92 Å². The fourth-order valence-electron chi connectivity index (χ4n) is 2.82. The van der Waals surface area contributed by atoms with E-state index in [1.54, 1.807) is 0 Å². The average Bonchev–Trinajstić information content (AvgIpc) is 2.46. The summed E-state index contributed by atoms with van der Waals surface area (Å²) >= 11 is 0. The van der Waals surface area contributed by atoms with Crippen LogP contribution in [0, 0.1) is 5.92 Å². The molecule has 1 aromatic carbocycles. The first kappa shape index (κ1) is 16.0. The van der Waals surface area contributed by atoms with Crippen molar-refractivity contribution in [2.75, 3.05) is 6.54 Å². The molecule has 0 bridgehead atoms. The van der Waals surface area contributed by atoms with E-state index in [-0.39, 0.29) is 17.4 Å². The van der Waals surface area contributed by atoms with Gasteiger partial charge in [-0.05, 0) is 52.0 Å². The molecule has 1 aliphatic heterocycles. The van der Waals surface area contributed by atoms with E-state index in [4.69, 9.17) is 0 Å². The minimum absolute atomic E-state index is 0.122. The molecule has 1 heterocycles. The number of nitrogens with one attached hydrogen (secondary N) is 2. The Balaban J connectivity index is 1.81. The minimum Gasteiger partial charge on any atom is -0.351 e. The maximum Gasteiger partial charge on any atom is 0.224 e. The van der Waals surface area contributed by atoms with Crippen LogP contribution in [-0.4, -0.2) is 24.0 Å². The molecule has 1 fully saturated rings. The van der Waals surface area contributed by atoms with Crippen LogP contribution in [0.4, 0.5) is 0 Å². The Morgan fingerprint density at radius 3 is 2.62 bits per heavy atom. The molecular formula is C18H28N2O. The number of amides is 1. The molecular weight excluding hydrogens is 260 g/mol. The first-order valence-corrected chi connectivity index (χ1v) is 8.05. The van der Waals surface area contributed by atoms with Gasteiger partial charge in [-0.1, -0.05) is 30.3 Å². The van der Waals surface area contributed by atoms with Crippen LogP contribution in [0.1, 0.15) is 45.6 Å². The second kappa shape index (κ2) is 7.08. The lowest BCUT2D eigenvalue weighted by molar-refractivity contribution is -0.127. The Kier molecular flexibility index (Phi) is 5.40. The molecule has 21 heavy (non-hydrogen) atoms. The number of carbonyl (C=O) groups is 1. The molecule has 0 aliphatic carbocycles. The lowest BCUT2D eigenvalue weighted by Crippen LogP contribution is -2.50. The highest BCUT2D eigenvalue weighted by Gasteiger charge is 2.28. The first-order chi connectivity index (χ1) is 9.96. The molecule has 3 heteroatoms. The number of carbonyl (C=O) groups excluding carboxylic acids is 1. The van der Waals surface area contributed by atoms with Crippen molar-refractivity contribution < 1.29 is 4.79 Å². The van der Waals surface area contributed by atoms with Gasteiger partial charge in [0.15, 0.2) is 0 Å². The maximum absolute atomic E-state index is 12.4. The highest BCUT2D eigenvalue weighted by atomic mass is 16.2. The molecule has 0 saturated carbocycles. The molecule has 0 spiro atoms. The molecule has 1 aromatic rings. The highest BCUT2D eigenvalue weighted by Crippen LogP contribution is 2.18. The average molecular weight is 288 g/mol. The van der Waals surface area contributed by atoms with Crippen molar-refractivity contribution >= 4 is 5.91 Å². The molecule has 2 unspecified atom stereocenters. The molecule has 1 saturated heterocycles. The normalized spacial score (nSPS) is 22.8. The zero-order valence-corrected chi connectivity index (χ0v) is 13.5. The van der Waals surface area contributed by atoms with Crippen LogP contribution >= 0.6 is 0 Å². The van der Waals surface area contributed by atoms with Gasteiger partial charge in [-0.3, -0.25) is 4.79 Å². The fraction of sp³-hybridized carbons (Fsp3) is 0.611. The summed E-state index contributed by atoms with van der Waals surface area (Å²) in [7, 11) is 0. The monoisotopic (exact) mass is 288 g/mol. The Morgan fingerprint density at radius 1 is 1.29 bits per heavy atom. The van der Waals surface area contributed by atoms with Gasteiger partial charge in [0, 0.05) is 18.1 Å². The van der Waals surface area contributed by atoms with Gasteiger partial charge in [-0.25, -0.2) is 0 Å². The smallest absolute Gasteiger partial charge is 0.224 e. The number of hydrogen-bond acceptors (Lipinski definition) is 2. The van der Waals surface area contributed by atoms with Crippen molar-refractivity contribution in [2.24, 2.45) is 5.92 Å². The lowest BCUT2D eigenvalue weighted by Gasteiger charge is -2.32. The van der Waals surface area contributed by atoms with E-state index >= 15 is 0 Å². The van der Waals surface area contributed by atoms with E-state index < -0.39 is 0 Å². The summed E-state index contributed by atoms with van der Waals surface area (Å²) < 4.78 is 0. The van der Waals surface area contributed by atoms with Crippen LogP contribution in [0.3, 0.4) is 0 Å². The summed E-state index contributed by atoms with van der Waals surface area (Å²) in [6.45, 7) is 7.22. The fourth-order valence-corrected chi connectivity index (χ4v) is 2.82. The Bertz CT molecular complexity index is 448. The molecule has 2 N–H and O–H groups in total. The van der Waals surface area contributed by atoms with E-state index in [9.17, 15) is 4.79 Å². The zero-order valence-electron chi connectivity index (χ0n) is 13.5. The largest absolute Gasteiger partial charge is 0.351 e. The number of aryl methyl sites for hydroxylation is 1. The predicted octanol–water partition coefficient (Wildman–Crippen LogP) is 2.90. The first-order valence-electron chi connectivity index (χ1n) is 8.05. The van der Waals surface area contributed by atoms with Gasteiger partial charge in [-0.15, -0.1) is 0 Å². The van der Waals surface area contributed by atoms with E-state index in [1.165, 1.54) is 5.56 Å². The standard InChI is InChI=1S/C18H28N2O/c1-14-9-10-16(13-19-14)17(21)20-18(2,3)12-11-15-7-5-4-6-8-15/h4-8,14,16,19H,9-13H2,1-3H3,(H,20,21). The van der Waals surface area contributed by atoms with E-state index in [2.05, 4.69) is 55.7 Å². The van der Waals surface area contributed by atoms with Crippen LogP contribution in [0.15, 0.2) is 30.3 Å². The van der Waals surface area contributed by atoms with Crippen LogP contribution in [0.25, 0.3) is 0 Å². The number of benzene rings is 1. The molecule has 2 atom stereocenters. The minimum atomic E-state index is -0.157. The SMILES string of the molecule is CC1CCC(C(=O)NC(C)(C)CCc2ccccc2)CN1. The Hall–Kier alpha value is -1.35. The van der Waals surface area contributed by atoms with Gasteiger partial charge in [0.1, 0.15) is 0 Å². The van der Waals surface area contributed by atoms with Gasteiger partial charge in [-0.2, -0.15) is 0 Å². The third kappa shape index (κ3) is 5.16. The van der Waals surface area contributed by atoms with Crippen molar-refractivity contribution in [3.05, 3.63) is 35.9 Å². The summed E-state index contributed by atoms with van der Waals surface area (Å²) in [5.74, 6) is 0.324. The van der Waals surface area contributed by atoms with Crippen molar-refractivity contribution in [2.45, 2.75) is 58.0 Å². The molecule has 3 nitrogen and oxygen atoms in total. The van der Waals surface area contributed by atoms with Crippen LogP contribution < -0.4 is 10.6 Å². The predicted molar refractivity (Wildman–Crippen MR) is 87.2 cm³/mol. The summed E-state index contributed by atoms with van der Waals surface area (Å²) in [6, 6.07) is 11.0. The quantitative estimate of drug-likeness (QED) is 0.874. The van der Waals surface area contributed by atoms with E-state index in [0.717, 1.165) is 32.2 Å². The maximum atomic E-state index is 12.4. The van der Waals surface area contributed by atoms with Gasteiger partial charge in [0.2, 0.25) is 5.91 Å². The van der Waals surface area contributed by atoms with Crippen LogP contribution in [0.2, 0.25) is 0 Å². The van der Waals surface area contributed by atoms with Gasteiger partial charge in [0.25, 0.3) is 0 Å². The molecule has 2 rings (SSSR count). The molecule has 116 valence electrons. The van der Waals surface area contributed by atoms with Gasteiger partial charge >= 0.3 is 0 Å². The van der Waals surface area contributed by atoms with Crippen LogP contribution in [-0.2, 0) is 11.2 Å². The molecule has 1 amide bonds. The Labute approximate surface area is 128 Å². The second-order valence-electron chi connectivity index (χ2n) is 6.94. The summed E-state index contributed by atoms with van der Waals surface area (Å²) in [5, 5.41) is 6.63. The molecule has 1 aliphatic rings. The highest BCUT2D eigenvalue weighted by molar-refractivity contribution is 5.79. The van der Waals surface area contributed by atoms with Crippen molar-refractivity contribution in [1.82, 2.24) is 10.6 Å². The van der Waals surface area contributed by atoms with E-state index in [1.807, 2.05) is 6.07 Å². The third-order valence-electron chi connectivity index (χ3n) is 4.37. The van der Waals surface area contributed by atoms with Crippen molar-refractivity contribution in [3.63, 3.8) is 0 Å². The second-order valence-corrected chi connectivity index (χ2v) is 6.94. The number of piperidine rings is 1. The molecule has 0 aromatic heterocycles. The van der Waals surface area contributed by atoms with Crippen molar-refractivity contribution in [3.8, 4) is 0 Å². The Morgan fingerprint density at radius 2 is 2.00 bits per heavy atom. The lowest BCUT2D eigenvalue weighted by atomic mass is 9.91. The summed E-state index contributed by atoms with van der Waals surface area (Å²) in [4.78, 5) is 12.4. The van der Waals surface area contributed by atoms with Crippen molar-refractivity contribution in [1.29, 1.82) is 0 Å². The van der Waals surface area contributed by atoms with Crippen LogP contribution in [0.5, 0.6) is 0 Å². The van der Waals surface area contributed by atoms with E-state index in [0.29, 0.717) is 6.04 Å². The third-order valence-corrected chi connectivity index (χ3v) is 4.37. The summed E-state index contributed by atoms with van der Waals surface area (Å²) in [6.07, 6.45) is 4.03. The number of hydrogen-bond donors (Lipinski definition) is 2. The zero-order chi connectivity index (χ0) is 15.3. The summed E-state index contributed by atoms with van der Waals surface area (Å²) in [5.41, 5.74) is 1.17. The number of rotatable bonds is 5. The van der Waals surface area contributed by atoms with Gasteiger partial charge < -0.3 is 10.6 Å². The molecule has 0 radical (unpaired) electrons.